The lowest BCUT2D eigenvalue weighted by Crippen LogP contribution is -2.17. The average Bonchev–Trinajstić information content (AvgIpc) is 2.83. The molecule has 0 N–H and O–H groups in total. The smallest absolute Gasteiger partial charge is 0.226 e. The van der Waals surface area contributed by atoms with Crippen LogP contribution in [0, 0.1) is 0 Å². The van der Waals surface area contributed by atoms with Gasteiger partial charge in [0.15, 0.2) is 0 Å². The molecule has 0 fully saturated rings. The van der Waals surface area contributed by atoms with E-state index in [2.05, 4.69) is 14.7 Å². The van der Waals surface area contributed by atoms with E-state index in [0.29, 0.717) is 10.6 Å². The Balaban J connectivity index is 2.42. The van der Waals surface area contributed by atoms with Crippen molar-refractivity contribution in [1.82, 2.24) is 19.4 Å². The minimum Gasteiger partial charge on any atom is -0.286 e. The van der Waals surface area contributed by atoms with E-state index >= 15 is 0 Å². The summed E-state index contributed by atoms with van der Waals surface area (Å²) < 4.78 is 5.49. The highest BCUT2D eigenvalue weighted by molar-refractivity contribution is 7.08. The molecule has 0 atom stereocenters. The lowest BCUT2D eigenvalue weighted by atomic mass is 9.90. The summed E-state index contributed by atoms with van der Waals surface area (Å²) >= 11 is 1.13. The molecule has 17 heavy (non-hydrogen) atoms. The molecule has 0 aromatic carbocycles. The minimum atomic E-state index is -0.188. The van der Waals surface area contributed by atoms with Crippen molar-refractivity contribution < 1.29 is 4.79 Å². The van der Waals surface area contributed by atoms with Gasteiger partial charge in [-0.3, -0.25) is 9.48 Å². The van der Waals surface area contributed by atoms with Crippen molar-refractivity contribution in [2.24, 2.45) is 7.05 Å². The third-order valence-corrected chi connectivity index (χ3v) is 3.08. The molecule has 90 valence electrons. The summed E-state index contributed by atoms with van der Waals surface area (Å²) in [7, 11) is 1.78. The second-order valence-corrected chi connectivity index (χ2v) is 5.66. The van der Waals surface area contributed by atoms with Crippen LogP contribution in [0.25, 0.3) is 0 Å². The van der Waals surface area contributed by atoms with Gasteiger partial charge in [-0.2, -0.15) is 5.10 Å². The molecule has 2 aromatic rings. The van der Waals surface area contributed by atoms with Crippen LogP contribution in [0.5, 0.6) is 0 Å². The summed E-state index contributed by atoms with van der Waals surface area (Å²) in [6.45, 7) is 6.04. The lowest BCUT2D eigenvalue weighted by molar-refractivity contribution is 0.103. The van der Waals surface area contributed by atoms with Crippen LogP contribution in [0.2, 0.25) is 0 Å². The predicted molar refractivity (Wildman–Crippen MR) is 65.2 cm³/mol. The van der Waals surface area contributed by atoms with Crippen LogP contribution in [0.3, 0.4) is 0 Å². The van der Waals surface area contributed by atoms with Crippen LogP contribution in [-0.4, -0.2) is 25.2 Å². The zero-order valence-corrected chi connectivity index (χ0v) is 11.1. The van der Waals surface area contributed by atoms with Crippen molar-refractivity contribution in [1.29, 1.82) is 0 Å². The van der Waals surface area contributed by atoms with Gasteiger partial charge in [0.2, 0.25) is 5.78 Å². The Morgan fingerprint density at radius 1 is 1.41 bits per heavy atom. The number of hydrogen-bond acceptors (Lipinski definition) is 5. The van der Waals surface area contributed by atoms with E-state index < -0.39 is 0 Å². The summed E-state index contributed by atoms with van der Waals surface area (Å²) in [6.07, 6.45) is 1.75. The van der Waals surface area contributed by atoms with Gasteiger partial charge in [0, 0.05) is 18.7 Å². The maximum atomic E-state index is 12.2. The molecule has 0 saturated carbocycles. The van der Waals surface area contributed by atoms with Gasteiger partial charge < -0.3 is 0 Å². The Bertz CT molecular complexity index is 550. The number of carbonyl (C=O) groups excluding carboxylic acids is 1. The largest absolute Gasteiger partial charge is 0.286 e. The number of ketones is 1. The van der Waals surface area contributed by atoms with Gasteiger partial charge in [-0.25, -0.2) is 0 Å². The molecule has 2 aromatic heterocycles. The molecule has 0 aliphatic carbocycles. The topological polar surface area (TPSA) is 60.7 Å². The summed E-state index contributed by atoms with van der Waals surface area (Å²) in [5.41, 5.74) is 0.981. The summed E-state index contributed by atoms with van der Waals surface area (Å²) in [6, 6.07) is 1.70. The highest BCUT2D eigenvalue weighted by Crippen LogP contribution is 2.27. The minimum absolute atomic E-state index is 0.106. The number of nitrogens with zero attached hydrogens (tertiary/aromatic N) is 4. The maximum Gasteiger partial charge on any atom is 0.226 e. The first kappa shape index (κ1) is 11.9. The van der Waals surface area contributed by atoms with E-state index in [1.807, 2.05) is 20.8 Å². The van der Waals surface area contributed by atoms with E-state index in [1.165, 1.54) is 0 Å². The standard InChI is InChI=1S/C11H14N4OS/c1-11(2,3)10-9(17-14-12-10)8(16)7-5-6-15(4)13-7/h5-6H,1-4H3. The molecule has 0 aliphatic rings. The fourth-order valence-corrected chi connectivity index (χ4v) is 2.31. The quantitative estimate of drug-likeness (QED) is 0.762. The molecule has 0 radical (unpaired) electrons. The van der Waals surface area contributed by atoms with E-state index in [1.54, 1.807) is 24.0 Å². The predicted octanol–water partition coefficient (Wildman–Crippen LogP) is 1.80. The zero-order chi connectivity index (χ0) is 12.6. The number of rotatable bonds is 2. The highest BCUT2D eigenvalue weighted by atomic mass is 32.1. The van der Waals surface area contributed by atoms with Crippen LogP contribution in [0.15, 0.2) is 12.3 Å². The Kier molecular flexibility index (Phi) is 2.82. The normalized spacial score (nSPS) is 11.8. The van der Waals surface area contributed by atoms with Gasteiger partial charge >= 0.3 is 0 Å². The molecule has 0 bridgehead atoms. The molecule has 2 heterocycles. The van der Waals surface area contributed by atoms with Crippen LogP contribution in [0.4, 0.5) is 0 Å². The molecule has 6 heteroatoms. The van der Waals surface area contributed by atoms with Gasteiger partial charge in [0.25, 0.3) is 0 Å². The molecule has 0 unspecified atom stereocenters. The van der Waals surface area contributed by atoms with Gasteiger partial charge in [0.05, 0.1) is 5.69 Å². The van der Waals surface area contributed by atoms with Gasteiger partial charge in [-0.1, -0.05) is 25.3 Å². The lowest BCUT2D eigenvalue weighted by Gasteiger charge is -2.15. The third-order valence-electron chi connectivity index (χ3n) is 2.35. The first-order valence-electron chi connectivity index (χ1n) is 5.27. The second kappa shape index (κ2) is 4.03. The van der Waals surface area contributed by atoms with Crippen molar-refractivity contribution in [2.75, 3.05) is 0 Å². The van der Waals surface area contributed by atoms with Crippen molar-refractivity contribution in [2.45, 2.75) is 26.2 Å². The fraction of sp³-hybridized carbons (Fsp3) is 0.455. The summed E-state index contributed by atoms with van der Waals surface area (Å²) in [5.74, 6) is -0.106. The molecule has 0 saturated heterocycles. The van der Waals surface area contributed by atoms with E-state index in [9.17, 15) is 4.79 Å². The zero-order valence-electron chi connectivity index (χ0n) is 10.3. The summed E-state index contributed by atoms with van der Waals surface area (Å²) in [5, 5.41) is 8.16. The Hall–Kier alpha value is -1.56. The Morgan fingerprint density at radius 3 is 2.65 bits per heavy atom. The highest BCUT2D eigenvalue weighted by Gasteiger charge is 2.27. The average molecular weight is 250 g/mol. The molecule has 5 nitrogen and oxygen atoms in total. The third kappa shape index (κ3) is 2.26. The fourth-order valence-electron chi connectivity index (χ4n) is 1.48. The van der Waals surface area contributed by atoms with Gasteiger partial charge in [-0.15, -0.1) is 5.10 Å². The number of carbonyl (C=O) groups is 1. The molecular formula is C11H14N4OS. The Morgan fingerprint density at radius 2 is 2.12 bits per heavy atom. The maximum absolute atomic E-state index is 12.2. The monoisotopic (exact) mass is 250 g/mol. The van der Waals surface area contributed by atoms with Crippen LogP contribution < -0.4 is 0 Å². The molecule has 0 spiro atoms. The molecular weight excluding hydrogens is 236 g/mol. The van der Waals surface area contributed by atoms with E-state index in [0.717, 1.165) is 17.2 Å². The molecule has 0 aliphatic heterocycles. The van der Waals surface area contributed by atoms with Crippen LogP contribution in [0.1, 0.15) is 41.8 Å². The van der Waals surface area contributed by atoms with Crippen molar-refractivity contribution in [3.63, 3.8) is 0 Å². The molecule has 2 rings (SSSR count). The first-order valence-corrected chi connectivity index (χ1v) is 6.04. The first-order chi connectivity index (χ1) is 7.89. The summed E-state index contributed by atoms with van der Waals surface area (Å²) in [4.78, 5) is 12.8. The number of aryl methyl sites for hydroxylation is 1. The molecule has 0 amide bonds. The van der Waals surface area contributed by atoms with Crippen molar-refractivity contribution in [3.8, 4) is 0 Å². The van der Waals surface area contributed by atoms with Crippen molar-refractivity contribution >= 4 is 17.3 Å². The SMILES string of the molecule is Cn1ccc(C(=O)c2snnc2C(C)(C)C)n1. The van der Waals surface area contributed by atoms with Gasteiger partial charge in [-0.05, 0) is 17.6 Å². The van der Waals surface area contributed by atoms with E-state index in [4.69, 9.17) is 0 Å². The van der Waals surface area contributed by atoms with Crippen LogP contribution >= 0.6 is 11.5 Å². The van der Waals surface area contributed by atoms with Gasteiger partial charge in [0.1, 0.15) is 10.6 Å². The number of hydrogen-bond donors (Lipinski definition) is 0. The van der Waals surface area contributed by atoms with E-state index in [-0.39, 0.29) is 11.2 Å². The van der Waals surface area contributed by atoms with Crippen molar-refractivity contribution in [3.05, 3.63) is 28.5 Å². The second-order valence-electron chi connectivity index (χ2n) is 4.90. The van der Waals surface area contributed by atoms with Crippen LogP contribution in [-0.2, 0) is 12.5 Å². The Labute approximate surface area is 104 Å². The number of aromatic nitrogens is 4.